The van der Waals surface area contributed by atoms with Crippen molar-refractivity contribution >= 4 is 44.2 Å². The van der Waals surface area contributed by atoms with E-state index in [1.165, 1.54) is 22.2 Å². The summed E-state index contributed by atoms with van der Waals surface area (Å²) in [6.07, 6.45) is 3.13. The number of thioether (sulfide) groups is 1. The summed E-state index contributed by atoms with van der Waals surface area (Å²) in [6, 6.07) is 7.28. The molecule has 5 rings (SSSR count). The van der Waals surface area contributed by atoms with E-state index < -0.39 is 0 Å². The van der Waals surface area contributed by atoms with Gasteiger partial charge in [-0.3, -0.25) is 14.2 Å². The number of hydrogen-bond donors (Lipinski definition) is 1. The second-order valence-corrected chi connectivity index (χ2v) is 9.42. The van der Waals surface area contributed by atoms with Crippen molar-refractivity contribution in [2.75, 3.05) is 0 Å². The highest BCUT2D eigenvalue weighted by atomic mass is 32.2. The van der Waals surface area contributed by atoms with Gasteiger partial charge in [0.05, 0.1) is 21.5 Å². The lowest BCUT2D eigenvalue weighted by molar-refractivity contribution is 0.723. The Hall–Kier alpha value is -2.45. The second kappa shape index (κ2) is 6.56. The van der Waals surface area contributed by atoms with Crippen LogP contribution in [0.25, 0.3) is 21.1 Å². The first-order valence-corrected chi connectivity index (χ1v) is 10.9. The molecule has 1 aliphatic carbocycles. The number of fused-ring (bicyclic) bond motifs is 4. The zero-order valence-electron chi connectivity index (χ0n) is 15.5. The van der Waals surface area contributed by atoms with Gasteiger partial charge in [0.15, 0.2) is 5.16 Å². The van der Waals surface area contributed by atoms with Gasteiger partial charge >= 0.3 is 0 Å². The van der Waals surface area contributed by atoms with Gasteiger partial charge < -0.3 is 4.98 Å². The minimum Gasteiger partial charge on any atom is -0.309 e. The average molecular weight is 411 g/mol. The van der Waals surface area contributed by atoms with E-state index >= 15 is 0 Å². The molecule has 0 radical (unpaired) electrons. The summed E-state index contributed by atoms with van der Waals surface area (Å²) >= 11 is 3.08. The van der Waals surface area contributed by atoms with Crippen LogP contribution in [0.3, 0.4) is 0 Å². The normalized spacial score (nSPS) is 14.6. The molecule has 4 aromatic rings. The Kier molecular flexibility index (Phi) is 4.13. The van der Waals surface area contributed by atoms with Gasteiger partial charge in [-0.25, -0.2) is 9.97 Å². The molecule has 1 atom stereocenters. The van der Waals surface area contributed by atoms with Crippen LogP contribution in [0.2, 0.25) is 0 Å². The molecule has 28 heavy (non-hydrogen) atoms. The van der Waals surface area contributed by atoms with Gasteiger partial charge in [0.1, 0.15) is 10.7 Å². The van der Waals surface area contributed by atoms with E-state index in [1.807, 2.05) is 25.1 Å². The van der Waals surface area contributed by atoms with Crippen molar-refractivity contribution in [3.8, 4) is 0 Å². The van der Waals surface area contributed by atoms with Crippen LogP contribution in [0.4, 0.5) is 0 Å². The fourth-order valence-electron chi connectivity index (χ4n) is 3.72. The van der Waals surface area contributed by atoms with Gasteiger partial charge in [0, 0.05) is 11.9 Å². The number of hydrogen-bond acceptors (Lipinski definition) is 6. The third-order valence-electron chi connectivity index (χ3n) is 5.20. The average Bonchev–Trinajstić information content (AvgIpc) is 3.26. The first kappa shape index (κ1) is 17.6. The number of H-pyrrole nitrogens is 1. The van der Waals surface area contributed by atoms with Crippen LogP contribution in [-0.2, 0) is 19.9 Å². The fourth-order valence-corrected chi connectivity index (χ4v) is 5.96. The monoisotopic (exact) mass is 410 g/mol. The van der Waals surface area contributed by atoms with Crippen molar-refractivity contribution in [3.05, 3.63) is 61.2 Å². The number of thiophene rings is 1. The van der Waals surface area contributed by atoms with Gasteiger partial charge in [-0.1, -0.05) is 23.9 Å². The first-order chi connectivity index (χ1) is 13.5. The van der Waals surface area contributed by atoms with E-state index in [0.717, 1.165) is 29.5 Å². The maximum atomic E-state index is 13.0. The zero-order chi connectivity index (χ0) is 19.4. The van der Waals surface area contributed by atoms with Gasteiger partial charge in [-0.15, -0.1) is 11.3 Å². The third-order valence-corrected chi connectivity index (χ3v) is 7.54. The molecule has 1 N–H and O–H groups in total. The molecule has 142 valence electrons. The molecule has 8 heteroatoms. The molecule has 3 aromatic heterocycles. The first-order valence-electron chi connectivity index (χ1n) is 9.20. The molecule has 0 aliphatic heterocycles. The van der Waals surface area contributed by atoms with Crippen molar-refractivity contribution in [2.24, 2.45) is 7.05 Å². The number of aromatic amines is 1. The lowest BCUT2D eigenvalue weighted by Gasteiger charge is -2.13. The highest BCUT2D eigenvalue weighted by Gasteiger charge is 2.23. The highest BCUT2D eigenvalue weighted by molar-refractivity contribution is 7.99. The third kappa shape index (κ3) is 2.70. The summed E-state index contributed by atoms with van der Waals surface area (Å²) in [5.74, 6) is 0.580. The Balaban J connectivity index is 1.56. The van der Waals surface area contributed by atoms with Crippen LogP contribution in [0.1, 0.15) is 34.9 Å². The Labute approximate surface area is 168 Å². The van der Waals surface area contributed by atoms with Crippen molar-refractivity contribution in [1.82, 2.24) is 19.5 Å². The molecule has 0 amide bonds. The summed E-state index contributed by atoms with van der Waals surface area (Å²) in [7, 11) is 1.76. The van der Waals surface area contributed by atoms with Crippen LogP contribution in [-0.4, -0.2) is 19.5 Å². The Morgan fingerprint density at radius 2 is 2.04 bits per heavy atom. The molecule has 0 saturated carbocycles. The molecule has 3 heterocycles. The molecule has 1 aliphatic rings. The van der Waals surface area contributed by atoms with E-state index in [4.69, 9.17) is 4.98 Å². The number of para-hydroxylation sites is 1. The number of rotatable bonds is 3. The summed E-state index contributed by atoms with van der Waals surface area (Å²) in [4.78, 5) is 39.7. The smallest absolute Gasteiger partial charge is 0.262 e. The number of aryl methyl sites for hydroxylation is 2. The van der Waals surface area contributed by atoms with E-state index in [1.54, 1.807) is 29.0 Å². The Morgan fingerprint density at radius 3 is 2.89 bits per heavy atom. The van der Waals surface area contributed by atoms with Crippen LogP contribution in [0.15, 0.2) is 39.0 Å². The molecular weight excluding hydrogens is 392 g/mol. The molecule has 0 spiro atoms. The summed E-state index contributed by atoms with van der Waals surface area (Å²) in [5.41, 5.74) is 1.72. The maximum Gasteiger partial charge on any atom is 0.262 e. The summed E-state index contributed by atoms with van der Waals surface area (Å²) in [6.45, 7) is 1.96. The van der Waals surface area contributed by atoms with E-state index in [-0.39, 0.29) is 16.4 Å². The van der Waals surface area contributed by atoms with Crippen molar-refractivity contribution in [3.63, 3.8) is 0 Å². The van der Waals surface area contributed by atoms with Crippen molar-refractivity contribution < 1.29 is 0 Å². The van der Waals surface area contributed by atoms with E-state index in [0.29, 0.717) is 21.9 Å². The van der Waals surface area contributed by atoms with Crippen molar-refractivity contribution in [1.29, 1.82) is 0 Å². The van der Waals surface area contributed by atoms with Gasteiger partial charge in [0.2, 0.25) is 0 Å². The molecule has 6 nitrogen and oxygen atoms in total. The number of nitrogens with one attached hydrogen (secondary N) is 1. The quantitative estimate of drug-likeness (QED) is 0.412. The number of benzene rings is 1. The van der Waals surface area contributed by atoms with Crippen LogP contribution < -0.4 is 11.1 Å². The Bertz CT molecular complexity index is 1350. The largest absolute Gasteiger partial charge is 0.309 e. The van der Waals surface area contributed by atoms with Crippen LogP contribution in [0, 0.1) is 0 Å². The maximum absolute atomic E-state index is 13.0. The van der Waals surface area contributed by atoms with Gasteiger partial charge in [0.25, 0.3) is 11.1 Å². The summed E-state index contributed by atoms with van der Waals surface area (Å²) in [5, 5.41) is 1.85. The van der Waals surface area contributed by atoms with Gasteiger partial charge in [-0.05, 0) is 43.9 Å². The van der Waals surface area contributed by atoms with Crippen molar-refractivity contribution in [2.45, 2.75) is 36.6 Å². The predicted octanol–water partition coefficient (Wildman–Crippen LogP) is 3.57. The molecule has 0 bridgehead atoms. The number of aromatic nitrogens is 4. The molecule has 0 fully saturated rings. The lowest BCUT2D eigenvalue weighted by Crippen LogP contribution is -2.20. The minimum absolute atomic E-state index is 0.0130. The van der Waals surface area contributed by atoms with Gasteiger partial charge in [-0.2, -0.15) is 0 Å². The Morgan fingerprint density at radius 1 is 1.21 bits per heavy atom. The predicted molar refractivity (Wildman–Crippen MR) is 114 cm³/mol. The SMILES string of the molecule is CC(Sc1nc2sc3c(c2c(=O)n1C)CCC3)c1nc2ccccc2c(=O)[nH]1. The van der Waals surface area contributed by atoms with Crippen LogP contribution in [0.5, 0.6) is 0 Å². The standard InChI is InChI=1S/C20H18N4O2S2/c1-10(16-21-13-8-4-3-6-11(13)17(25)22-16)27-20-23-18-15(19(26)24(20)2)12-7-5-9-14(12)28-18/h3-4,6,8,10H,5,7,9H2,1-2H3,(H,21,22,25). The molecular formula is C20H18N4O2S2. The van der Waals surface area contributed by atoms with Crippen LogP contribution >= 0.6 is 23.1 Å². The molecule has 0 saturated heterocycles. The van der Waals surface area contributed by atoms with E-state index in [2.05, 4.69) is 9.97 Å². The topological polar surface area (TPSA) is 80.6 Å². The zero-order valence-corrected chi connectivity index (χ0v) is 17.1. The lowest BCUT2D eigenvalue weighted by atomic mass is 10.2. The second-order valence-electron chi connectivity index (χ2n) is 7.02. The molecule has 1 aromatic carbocycles. The highest BCUT2D eigenvalue weighted by Crippen LogP contribution is 2.37. The minimum atomic E-state index is -0.153. The van der Waals surface area contributed by atoms with E-state index in [9.17, 15) is 9.59 Å². The fraction of sp³-hybridized carbons (Fsp3) is 0.300. The number of nitrogens with zero attached hydrogens (tertiary/aromatic N) is 3. The molecule has 1 unspecified atom stereocenters. The summed E-state index contributed by atoms with van der Waals surface area (Å²) < 4.78 is 1.62.